The molecule has 2 aromatic rings. The summed E-state index contributed by atoms with van der Waals surface area (Å²) in [5.41, 5.74) is 8.14. The second kappa shape index (κ2) is 8.75. The van der Waals surface area contributed by atoms with Crippen molar-refractivity contribution in [3.05, 3.63) is 34.3 Å². The number of thiazole rings is 1. The van der Waals surface area contributed by atoms with Gasteiger partial charge >= 0.3 is 0 Å². The van der Waals surface area contributed by atoms with Crippen molar-refractivity contribution in [2.45, 2.75) is 30.8 Å². The Bertz CT molecular complexity index is 765. The molecule has 4 rings (SSSR count). The topological polar surface area (TPSA) is 80.0 Å². The molecule has 11 heteroatoms. The number of nitrogens with zero attached hydrogens (tertiary/aromatic N) is 4. The van der Waals surface area contributed by atoms with E-state index < -0.39 is 0 Å². The number of halogens is 3. The van der Waals surface area contributed by atoms with Gasteiger partial charge in [0.15, 0.2) is 5.82 Å². The van der Waals surface area contributed by atoms with Gasteiger partial charge in [-0.15, -0.1) is 47.9 Å². The largest absolute Gasteiger partial charge is 0.338 e. The first-order valence-electron chi connectivity index (χ1n) is 8.31. The molecule has 2 aliphatic heterocycles. The molecule has 2 fully saturated rings. The molecule has 150 valence electrons. The molecule has 27 heavy (non-hydrogen) atoms. The fourth-order valence-corrected chi connectivity index (χ4v) is 5.64. The van der Waals surface area contributed by atoms with E-state index in [1.807, 2.05) is 25.6 Å². The maximum absolute atomic E-state index is 14.0. The lowest BCUT2D eigenvalue weighted by Gasteiger charge is -2.41. The van der Waals surface area contributed by atoms with E-state index in [1.54, 1.807) is 23.1 Å². The number of aromatic nitrogens is 3. The third-order valence-corrected chi connectivity index (χ3v) is 6.94. The molecule has 2 aliphatic rings. The number of fused-ring (bicyclic) bond motifs is 1. The van der Waals surface area contributed by atoms with Crippen LogP contribution in [0.25, 0.3) is 0 Å². The van der Waals surface area contributed by atoms with Crippen LogP contribution in [0, 0.1) is 11.7 Å². The van der Waals surface area contributed by atoms with E-state index in [4.69, 9.17) is 5.73 Å². The maximum atomic E-state index is 14.0. The van der Waals surface area contributed by atoms with Gasteiger partial charge < -0.3 is 10.6 Å². The average molecular weight is 453 g/mol. The molecule has 6 nitrogen and oxygen atoms in total. The van der Waals surface area contributed by atoms with Crippen LogP contribution in [0.15, 0.2) is 17.9 Å². The van der Waals surface area contributed by atoms with Crippen LogP contribution >= 0.6 is 47.9 Å². The lowest BCUT2D eigenvalue weighted by molar-refractivity contribution is 0.279. The monoisotopic (exact) mass is 452 g/mol. The number of thioether (sulfide) groups is 1. The van der Waals surface area contributed by atoms with Crippen molar-refractivity contribution in [1.29, 1.82) is 0 Å². The van der Waals surface area contributed by atoms with Gasteiger partial charge in [-0.3, -0.25) is 10.3 Å². The Morgan fingerprint density at radius 1 is 1.37 bits per heavy atom. The average Bonchev–Trinajstić information content (AvgIpc) is 3.22. The van der Waals surface area contributed by atoms with Gasteiger partial charge in [0.25, 0.3) is 0 Å². The molecule has 0 radical (unpaired) electrons. The van der Waals surface area contributed by atoms with Crippen LogP contribution in [0.1, 0.15) is 30.3 Å². The standard InChI is InChI=1S/C16H21FN6S2.2ClH/c1-9(2)13-11(17)3-20-15(21-13)23-5-10-6-24-14(18)22-16(10,7-23)12-4-19-8-25-12;;/h3-4,8-10,14,22H,5-7,18H2,1-2H3;2*1H/t10-,14?,16-;;/m0../s1. The summed E-state index contributed by atoms with van der Waals surface area (Å²) in [6, 6.07) is 0. The second-order valence-corrected chi connectivity index (χ2v) is 8.93. The lowest BCUT2D eigenvalue weighted by Crippen LogP contribution is -2.58. The van der Waals surface area contributed by atoms with Crippen molar-refractivity contribution in [3.63, 3.8) is 0 Å². The molecule has 1 unspecified atom stereocenters. The highest BCUT2D eigenvalue weighted by molar-refractivity contribution is 7.99. The zero-order valence-corrected chi connectivity index (χ0v) is 18.2. The minimum Gasteiger partial charge on any atom is -0.338 e. The highest BCUT2D eigenvalue weighted by atomic mass is 35.5. The number of rotatable bonds is 3. The number of anilines is 1. The Kier molecular flexibility index (Phi) is 7.32. The third-order valence-electron chi connectivity index (χ3n) is 4.91. The molecule has 3 N–H and O–H groups in total. The Hall–Kier alpha value is -0.710. The molecule has 0 aromatic carbocycles. The SMILES string of the molecule is CC(C)c1nc(N2C[C@H]3CSC(N)N[C@@]3(c3cncs3)C2)ncc1F.Cl.Cl. The van der Waals surface area contributed by atoms with Crippen LogP contribution in [0.3, 0.4) is 0 Å². The molecular formula is C16H23Cl2FN6S2. The maximum Gasteiger partial charge on any atom is 0.225 e. The highest BCUT2D eigenvalue weighted by Crippen LogP contribution is 2.44. The van der Waals surface area contributed by atoms with Crippen molar-refractivity contribution >= 4 is 53.9 Å². The van der Waals surface area contributed by atoms with Crippen LogP contribution in [-0.4, -0.2) is 39.3 Å². The van der Waals surface area contributed by atoms with E-state index in [2.05, 4.69) is 25.2 Å². The molecule has 0 amide bonds. The van der Waals surface area contributed by atoms with Crippen molar-refractivity contribution in [1.82, 2.24) is 20.3 Å². The van der Waals surface area contributed by atoms with E-state index in [1.165, 1.54) is 11.1 Å². The van der Waals surface area contributed by atoms with Crippen LogP contribution in [0.4, 0.5) is 10.3 Å². The summed E-state index contributed by atoms with van der Waals surface area (Å²) in [4.78, 5) is 16.3. The molecule has 3 atom stereocenters. The predicted molar refractivity (Wildman–Crippen MR) is 114 cm³/mol. The molecule has 0 spiro atoms. The van der Waals surface area contributed by atoms with Gasteiger partial charge in [-0.25, -0.2) is 14.4 Å². The van der Waals surface area contributed by atoms with Gasteiger partial charge in [0, 0.05) is 35.8 Å². The van der Waals surface area contributed by atoms with E-state index in [9.17, 15) is 4.39 Å². The van der Waals surface area contributed by atoms with Crippen molar-refractivity contribution in [2.24, 2.45) is 11.7 Å². The van der Waals surface area contributed by atoms with Crippen LogP contribution in [0.2, 0.25) is 0 Å². The molecule has 2 aromatic heterocycles. The molecule has 4 heterocycles. The molecule has 0 saturated carbocycles. The van der Waals surface area contributed by atoms with Gasteiger partial charge in [-0.1, -0.05) is 13.8 Å². The summed E-state index contributed by atoms with van der Waals surface area (Å²) >= 11 is 3.36. The smallest absolute Gasteiger partial charge is 0.225 e. The van der Waals surface area contributed by atoms with Crippen LogP contribution < -0.4 is 16.0 Å². The van der Waals surface area contributed by atoms with Gasteiger partial charge in [0.05, 0.1) is 22.9 Å². The molecule has 0 bridgehead atoms. The molecule has 0 aliphatic carbocycles. The summed E-state index contributed by atoms with van der Waals surface area (Å²) in [5, 5.41) is 3.58. The van der Waals surface area contributed by atoms with Gasteiger partial charge in [-0.2, -0.15) is 0 Å². The summed E-state index contributed by atoms with van der Waals surface area (Å²) in [6.07, 6.45) is 3.20. The van der Waals surface area contributed by atoms with Gasteiger partial charge in [0.1, 0.15) is 5.50 Å². The fraction of sp³-hybridized carbons (Fsp3) is 0.562. The third kappa shape index (κ3) is 4.04. The van der Waals surface area contributed by atoms with Crippen molar-refractivity contribution in [2.75, 3.05) is 23.7 Å². The summed E-state index contributed by atoms with van der Waals surface area (Å²) < 4.78 is 14.0. The van der Waals surface area contributed by atoms with E-state index in [-0.39, 0.29) is 47.6 Å². The first-order valence-corrected chi connectivity index (χ1v) is 10.2. The Balaban J connectivity index is 0.00000131. The minimum atomic E-state index is -0.344. The van der Waals surface area contributed by atoms with E-state index in [0.717, 1.165) is 12.3 Å². The number of hydrogen-bond acceptors (Lipinski definition) is 8. The quantitative estimate of drug-likeness (QED) is 0.740. The van der Waals surface area contributed by atoms with Crippen molar-refractivity contribution in [3.8, 4) is 0 Å². The Labute approximate surface area is 178 Å². The molecular weight excluding hydrogens is 430 g/mol. The zero-order valence-electron chi connectivity index (χ0n) is 15.0. The Morgan fingerprint density at radius 2 is 2.15 bits per heavy atom. The van der Waals surface area contributed by atoms with Gasteiger partial charge in [0.2, 0.25) is 5.95 Å². The normalized spacial score (nSPS) is 27.1. The zero-order chi connectivity index (χ0) is 17.6. The lowest BCUT2D eigenvalue weighted by atomic mass is 9.87. The summed E-state index contributed by atoms with van der Waals surface area (Å²) in [5.74, 6) is 1.59. The first kappa shape index (κ1) is 22.6. The fourth-order valence-electron chi connectivity index (χ4n) is 3.66. The summed E-state index contributed by atoms with van der Waals surface area (Å²) in [6.45, 7) is 5.40. The highest BCUT2D eigenvalue weighted by Gasteiger charge is 2.52. The van der Waals surface area contributed by atoms with Crippen LogP contribution in [0.5, 0.6) is 0 Å². The minimum absolute atomic E-state index is 0. The number of nitrogens with two attached hydrogens (primary N) is 1. The number of nitrogens with one attached hydrogen (secondary N) is 1. The molecule has 2 saturated heterocycles. The van der Waals surface area contributed by atoms with Crippen LogP contribution in [-0.2, 0) is 5.54 Å². The Morgan fingerprint density at radius 3 is 2.81 bits per heavy atom. The van der Waals surface area contributed by atoms with E-state index >= 15 is 0 Å². The predicted octanol–water partition coefficient (Wildman–Crippen LogP) is 2.95. The van der Waals surface area contributed by atoms with Gasteiger partial charge in [-0.05, 0) is 5.92 Å². The van der Waals surface area contributed by atoms with E-state index in [0.29, 0.717) is 24.1 Å². The second-order valence-electron chi connectivity index (χ2n) is 6.87. The van der Waals surface area contributed by atoms with Crippen molar-refractivity contribution < 1.29 is 4.39 Å². The number of hydrogen-bond donors (Lipinski definition) is 2. The first-order chi connectivity index (χ1) is 12.0. The summed E-state index contributed by atoms with van der Waals surface area (Å²) in [7, 11) is 0.